The molecule has 3 aromatic rings. The fourth-order valence-electron chi connectivity index (χ4n) is 3.18. The highest BCUT2D eigenvalue weighted by Crippen LogP contribution is 2.36. The average Bonchev–Trinajstić information content (AvgIpc) is 3.24. The lowest BCUT2D eigenvalue weighted by atomic mass is 10.0. The molecular formula is C18H18ClN5O2. The van der Waals surface area contributed by atoms with Crippen LogP contribution in [0.1, 0.15) is 40.0 Å². The van der Waals surface area contributed by atoms with Crippen LogP contribution in [0.5, 0.6) is 5.75 Å². The van der Waals surface area contributed by atoms with E-state index in [1.165, 1.54) is 6.20 Å². The molecule has 1 unspecified atom stereocenters. The van der Waals surface area contributed by atoms with Crippen molar-refractivity contribution < 1.29 is 9.53 Å². The van der Waals surface area contributed by atoms with Crippen LogP contribution in [0.4, 0.5) is 0 Å². The number of benzene rings is 1. The van der Waals surface area contributed by atoms with E-state index in [-0.39, 0.29) is 6.04 Å². The molecular weight excluding hydrogens is 354 g/mol. The summed E-state index contributed by atoms with van der Waals surface area (Å²) in [5.74, 6) is 0.392. The van der Waals surface area contributed by atoms with Gasteiger partial charge in [0.15, 0.2) is 5.65 Å². The van der Waals surface area contributed by atoms with Crippen LogP contribution < -0.4 is 15.8 Å². The summed E-state index contributed by atoms with van der Waals surface area (Å²) in [7, 11) is 0. The Morgan fingerprint density at radius 1 is 1.46 bits per heavy atom. The normalized spacial score (nSPS) is 14.2. The van der Waals surface area contributed by atoms with E-state index in [4.69, 9.17) is 22.1 Å². The third-order valence-electron chi connectivity index (χ3n) is 4.53. The lowest BCUT2D eigenvalue weighted by molar-refractivity contribution is 0.100. The molecule has 0 aliphatic carbocycles. The predicted molar refractivity (Wildman–Crippen MR) is 97.4 cm³/mol. The Balaban J connectivity index is 1.52. The van der Waals surface area contributed by atoms with Crippen LogP contribution in [0.3, 0.4) is 0 Å². The van der Waals surface area contributed by atoms with Crippen LogP contribution in [-0.4, -0.2) is 27.1 Å². The van der Waals surface area contributed by atoms with E-state index in [0.717, 1.165) is 33.9 Å². The van der Waals surface area contributed by atoms with Crippen LogP contribution in [-0.2, 0) is 13.0 Å². The van der Waals surface area contributed by atoms with Gasteiger partial charge in [0, 0.05) is 47.6 Å². The first-order valence-electron chi connectivity index (χ1n) is 8.33. The second kappa shape index (κ2) is 6.59. The standard InChI is InChI=1S/C18H18ClN5O2/c1-10(14-5-13(19)4-12-2-3-26-16(12)14)21-6-11-7-22-18-15(17(20)25)8-23-24(18)9-11/h4-5,7-10,21H,2-3,6H2,1H3,(H2,20,25). The Bertz CT molecular complexity index is 1000. The van der Waals surface area contributed by atoms with Crippen molar-refractivity contribution in [1.82, 2.24) is 19.9 Å². The number of nitrogens with two attached hydrogens (primary N) is 1. The topological polar surface area (TPSA) is 94.5 Å². The Morgan fingerprint density at radius 2 is 2.31 bits per heavy atom. The highest BCUT2D eigenvalue weighted by molar-refractivity contribution is 6.30. The minimum absolute atomic E-state index is 0.0510. The molecule has 3 N–H and O–H groups in total. The number of nitrogens with one attached hydrogen (secondary N) is 1. The molecule has 0 saturated carbocycles. The van der Waals surface area contributed by atoms with Gasteiger partial charge >= 0.3 is 0 Å². The number of primary amides is 1. The molecule has 0 radical (unpaired) electrons. The molecule has 4 rings (SSSR count). The summed E-state index contributed by atoms with van der Waals surface area (Å²) in [5, 5.41) is 8.31. The number of nitrogens with zero attached hydrogens (tertiary/aromatic N) is 3. The van der Waals surface area contributed by atoms with Crippen molar-refractivity contribution in [2.45, 2.75) is 25.9 Å². The highest BCUT2D eigenvalue weighted by atomic mass is 35.5. The first-order valence-corrected chi connectivity index (χ1v) is 8.71. The predicted octanol–water partition coefficient (Wildman–Crippen LogP) is 2.27. The van der Waals surface area contributed by atoms with Gasteiger partial charge in [-0.3, -0.25) is 4.79 Å². The van der Waals surface area contributed by atoms with Gasteiger partial charge in [-0.1, -0.05) is 11.6 Å². The lowest BCUT2D eigenvalue weighted by Crippen LogP contribution is -2.19. The number of hydrogen-bond donors (Lipinski definition) is 2. The number of amides is 1. The second-order valence-corrected chi connectivity index (χ2v) is 6.77. The van der Waals surface area contributed by atoms with E-state index < -0.39 is 5.91 Å². The van der Waals surface area contributed by atoms with Gasteiger partial charge in [0.1, 0.15) is 11.3 Å². The summed E-state index contributed by atoms with van der Waals surface area (Å²) >= 11 is 6.24. The van der Waals surface area contributed by atoms with E-state index in [0.29, 0.717) is 24.4 Å². The van der Waals surface area contributed by atoms with Gasteiger partial charge in [-0.25, -0.2) is 9.50 Å². The van der Waals surface area contributed by atoms with Gasteiger partial charge in [-0.2, -0.15) is 5.10 Å². The van der Waals surface area contributed by atoms with Gasteiger partial charge in [-0.15, -0.1) is 0 Å². The SMILES string of the molecule is CC(NCc1cnc2c(C(N)=O)cnn2c1)c1cc(Cl)cc2c1OCC2. The molecule has 1 aliphatic rings. The Labute approximate surface area is 155 Å². The maximum Gasteiger partial charge on any atom is 0.254 e. The molecule has 1 aromatic carbocycles. The molecule has 1 amide bonds. The zero-order valence-electron chi connectivity index (χ0n) is 14.2. The zero-order valence-corrected chi connectivity index (χ0v) is 15.0. The molecule has 1 aliphatic heterocycles. The Morgan fingerprint density at radius 3 is 3.12 bits per heavy atom. The molecule has 134 valence electrons. The number of fused-ring (bicyclic) bond motifs is 2. The van der Waals surface area contributed by atoms with Crippen molar-refractivity contribution in [3.63, 3.8) is 0 Å². The summed E-state index contributed by atoms with van der Waals surface area (Å²) in [4.78, 5) is 15.6. The van der Waals surface area contributed by atoms with Crippen molar-refractivity contribution in [1.29, 1.82) is 0 Å². The molecule has 0 bridgehead atoms. The number of aromatic nitrogens is 3. The Kier molecular flexibility index (Phi) is 4.26. The largest absolute Gasteiger partial charge is 0.493 e. The fraction of sp³-hybridized carbons (Fsp3) is 0.278. The number of halogens is 1. The van der Waals surface area contributed by atoms with Gasteiger partial charge in [-0.05, 0) is 24.6 Å². The first-order chi connectivity index (χ1) is 12.5. The number of ether oxygens (including phenoxy) is 1. The molecule has 1 atom stereocenters. The summed E-state index contributed by atoms with van der Waals surface area (Å²) in [5.41, 5.74) is 9.21. The average molecular weight is 372 g/mol. The van der Waals surface area contributed by atoms with E-state index >= 15 is 0 Å². The zero-order chi connectivity index (χ0) is 18.3. The number of carbonyl (C=O) groups excluding carboxylic acids is 1. The monoisotopic (exact) mass is 371 g/mol. The van der Waals surface area contributed by atoms with Crippen LogP contribution >= 0.6 is 11.6 Å². The van der Waals surface area contributed by atoms with Gasteiger partial charge in [0.2, 0.25) is 0 Å². The molecule has 8 heteroatoms. The number of carbonyl (C=O) groups is 1. The van der Waals surface area contributed by atoms with Crippen molar-refractivity contribution in [3.8, 4) is 5.75 Å². The summed E-state index contributed by atoms with van der Waals surface area (Å²) in [6.07, 6.45) is 5.85. The van der Waals surface area contributed by atoms with Crippen molar-refractivity contribution >= 4 is 23.2 Å². The third kappa shape index (κ3) is 3.00. The van der Waals surface area contributed by atoms with Crippen molar-refractivity contribution in [3.05, 3.63) is 58.0 Å². The third-order valence-corrected chi connectivity index (χ3v) is 4.75. The summed E-state index contributed by atoms with van der Waals surface area (Å²) in [6.45, 7) is 3.34. The molecule has 0 fully saturated rings. The van der Waals surface area contributed by atoms with Crippen LogP contribution in [0.2, 0.25) is 5.02 Å². The Hall–Kier alpha value is -2.64. The quantitative estimate of drug-likeness (QED) is 0.717. The van der Waals surface area contributed by atoms with E-state index in [1.807, 2.05) is 18.3 Å². The highest BCUT2D eigenvalue weighted by Gasteiger charge is 2.21. The second-order valence-electron chi connectivity index (χ2n) is 6.34. The smallest absolute Gasteiger partial charge is 0.254 e. The first kappa shape index (κ1) is 16.8. The minimum Gasteiger partial charge on any atom is -0.493 e. The van der Waals surface area contributed by atoms with E-state index in [9.17, 15) is 4.79 Å². The molecule has 0 saturated heterocycles. The number of rotatable bonds is 5. The molecule has 0 spiro atoms. The minimum atomic E-state index is -0.540. The summed E-state index contributed by atoms with van der Waals surface area (Å²) < 4.78 is 7.33. The molecule has 26 heavy (non-hydrogen) atoms. The molecule has 2 aromatic heterocycles. The fourth-order valence-corrected chi connectivity index (χ4v) is 3.43. The van der Waals surface area contributed by atoms with Crippen molar-refractivity contribution in [2.75, 3.05) is 6.61 Å². The van der Waals surface area contributed by atoms with Crippen molar-refractivity contribution in [2.24, 2.45) is 5.73 Å². The molecule has 7 nitrogen and oxygen atoms in total. The molecule has 3 heterocycles. The number of hydrogen-bond acceptors (Lipinski definition) is 5. The van der Waals surface area contributed by atoms with E-state index in [2.05, 4.69) is 22.3 Å². The summed E-state index contributed by atoms with van der Waals surface area (Å²) in [6, 6.07) is 3.96. The van der Waals surface area contributed by atoms with Crippen LogP contribution in [0.15, 0.2) is 30.7 Å². The van der Waals surface area contributed by atoms with Crippen LogP contribution in [0.25, 0.3) is 5.65 Å². The maximum atomic E-state index is 11.3. The maximum absolute atomic E-state index is 11.3. The lowest BCUT2D eigenvalue weighted by Gasteiger charge is -2.17. The van der Waals surface area contributed by atoms with Crippen LogP contribution in [0, 0.1) is 0 Å². The van der Waals surface area contributed by atoms with E-state index in [1.54, 1.807) is 10.7 Å². The van der Waals surface area contributed by atoms with Gasteiger partial charge < -0.3 is 15.8 Å². The van der Waals surface area contributed by atoms with Gasteiger partial charge in [0.25, 0.3) is 5.91 Å². The van der Waals surface area contributed by atoms with Gasteiger partial charge in [0.05, 0.1) is 12.8 Å².